The molecule has 2 rings (SSSR count). The molecule has 30 heavy (non-hydrogen) atoms. The third-order valence-corrected chi connectivity index (χ3v) is 4.08. The van der Waals surface area contributed by atoms with Crippen molar-refractivity contribution in [2.24, 2.45) is 5.73 Å². The molecule has 1 aromatic carbocycles. The molecule has 2 aromatic rings. The van der Waals surface area contributed by atoms with Gasteiger partial charge in [0.1, 0.15) is 6.54 Å². The zero-order chi connectivity index (χ0) is 21.6. The summed E-state index contributed by atoms with van der Waals surface area (Å²) in [6.45, 7) is -1.22. The molecule has 0 spiro atoms. The highest BCUT2D eigenvalue weighted by Crippen LogP contribution is 2.19. The average molecular weight is 455 g/mol. The molecule has 0 radical (unpaired) electrons. The summed E-state index contributed by atoms with van der Waals surface area (Å²) in [6, 6.07) is -0.563. The number of nitrogens with one attached hydrogen (secondary N) is 1. The highest BCUT2D eigenvalue weighted by Gasteiger charge is 2.21. The summed E-state index contributed by atoms with van der Waals surface area (Å²) in [6.07, 6.45) is 1.66. The van der Waals surface area contributed by atoms with Crippen LogP contribution in [0.5, 0.6) is 0 Å². The summed E-state index contributed by atoms with van der Waals surface area (Å²) < 4.78 is 54.7. The van der Waals surface area contributed by atoms with Crippen LogP contribution in [-0.4, -0.2) is 43.3 Å². The first-order valence-corrected chi connectivity index (χ1v) is 8.67. The van der Waals surface area contributed by atoms with Crippen LogP contribution in [0.4, 0.5) is 17.6 Å². The number of benzene rings is 1. The monoisotopic (exact) mass is 454 g/mol. The fraction of sp³-hybridized carbons (Fsp3) is 0.467. The highest BCUT2D eigenvalue weighted by molar-refractivity contribution is 6.40. The molecule has 1 amide bonds. The molecule has 0 aliphatic rings. The third-order valence-electron chi connectivity index (χ3n) is 4.08. The van der Waals surface area contributed by atoms with E-state index in [0.29, 0.717) is 19.3 Å². The molecule has 166 valence electrons. The van der Waals surface area contributed by atoms with Crippen LogP contribution in [0.25, 0.3) is 0 Å². The minimum atomic E-state index is -1.60. The summed E-state index contributed by atoms with van der Waals surface area (Å²) in [5.74, 6) is -6.92. The quantitative estimate of drug-likeness (QED) is 0.178. The predicted octanol–water partition coefficient (Wildman–Crippen LogP) is 0.611. The molecule has 0 saturated carbocycles. The van der Waals surface area contributed by atoms with Gasteiger partial charge in [-0.2, -0.15) is 0 Å². The van der Waals surface area contributed by atoms with E-state index in [2.05, 4.69) is 20.8 Å². The molecule has 0 fully saturated rings. The fourth-order valence-corrected chi connectivity index (χ4v) is 2.57. The number of tetrazole rings is 1. The SMILES string of the molecule is Cl.NC(CCCCB(O)O)c1nnnn1CC(=O)NCc1c(F)c(F)cc(F)c1F. The van der Waals surface area contributed by atoms with E-state index in [0.717, 1.165) is 4.68 Å². The lowest BCUT2D eigenvalue weighted by Gasteiger charge is -2.12. The van der Waals surface area contributed by atoms with Gasteiger partial charge in [0.25, 0.3) is 0 Å². The number of carbonyl (C=O) groups is 1. The maximum absolute atomic E-state index is 13.6. The second-order valence-electron chi connectivity index (χ2n) is 6.29. The van der Waals surface area contributed by atoms with Gasteiger partial charge in [-0.15, -0.1) is 17.5 Å². The van der Waals surface area contributed by atoms with E-state index in [1.165, 1.54) is 0 Å². The van der Waals surface area contributed by atoms with E-state index in [1.807, 2.05) is 0 Å². The topological polar surface area (TPSA) is 139 Å². The van der Waals surface area contributed by atoms with E-state index in [4.69, 9.17) is 15.8 Å². The van der Waals surface area contributed by atoms with Crippen molar-refractivity contribution in [3.8, 4) is 0 Å². The average Bonchev–Trinajstić information content (AvgIpc) is 3.11. The van der Waals surface area contributed by atoms with Crippen LogP contribution in [0, 0.1) is 23.3 Å². The Hall–Kier alpha value is -2.29. The number of rotatable bonds is 10. The van der Waals surface area contributed by atoms with Gasteiger partial charge >= 0.3 is 7.12 Å². The van der Waals surface area contributed by atoms with Gasteiger partial charge in [-0.1, -0.05) is 12.8 Å². The molecule has 0 bridgehead atoms. The Kier molecular flexibility index (Phi) is 10.1. The number of nitrogens with zero attached hydrogens (tertiary/aromatic N) is 4. The van der Waals surface area contributed by atoms with Crippen molar-refractivity contribution >= 4 is 25.4 Å². The molecule has 0 aliphatic carbocycles. The van der Waals surface area contributed by atoms with Crippen LogP contribution < -0.4 is 11.1 Å². The number of hydrogen-bond donors (Lipinski definition) is 4. The Balaban J connectivity index is 0.00000450. The van der Waals surface area contributed by atoms with Gasteiger partial charge in [-0.3, -0.25) is 4.79 Å². The molecule has 0 saturated heterocycles. The Morgan fingerprint density at radius 1 is 1.20 bits per heavy atom. The maximum Gasteiger partial charge on any atom is 0.451 e. The number of carbonyl (C=O) groups excluding carboxylic acids is 1. The summed E-state index contributed by atoms with van der Waals surface area (Å²) in [5.41, 5.74) is 5.02. The van der Waals surface area contributed by atoms with Crippen LogP contribution in [0.2, 0.25) is 6.32 Å². The van der Waals surface area contributed by atoms with Crippen LogP contribution >= 0.6 is 12.4 Å². The van der Waals surface area contributed by atoms with Crippen molar-refractivity contribution in [2.45, 2.75) is 44.7 Å². The van der Waals surface area contributed by atoms with E-state index in [9.17, 15) is 22.4 Å². The molecule has 0 aliphatic heterocycles. The van der Waals surface area contributed by atoms with Gasteiger partial charge in [0.15, 0.2) is 29.1 Å². The zero-order valence-corrected chi connectivity index (χ0v) is 16.4. The summed E-state index contributed by atoms with van der Waals surface area (Å²) in [7, 11) is -1.40. The van der Waals surface area contributed by atoms with Crippen LogP contribution in [-0.2, 0) is 17.9 Å². The van der Waals surface area contributed by atoms with E-state index >= 15 is 0 Å². The Labute approximate surface area is 175 Å². The van der Waals surface area contributed by atoms with Crippen molar-refractivity contribution in [1.29, 1.82) is 0 Å². The van der Waals surface area contributed by atoms with E-state index in [-0.39, 0.29) is 30.6 Å². The van der Waals surface area contributed by atoms with Gasteiger partial charge in [0, 0.05) is 18.2 Å². The molecule has 1 atom stereocenters. The Morgan fingerprint density at radius 3 is 2.43 bits per heavy atom. The summed E-state index contributed by atoms with van der Waals surface area (Å²) in [4.78, 5) is 12.0. The van der Waals surface area contributed by atoms with Crippen molar-refractivity contribution in [3.05, 3.63) is 40.7 Å². The fourth-order valence-electron chi connectivity index (χ4n) is 2.57. The van der Waals surface area contributed by atoms with Crippen LogP contribution in [0.3, 0.4) is 0 Å². The number of aromatic nitrogens is 4. The van der Waals surface area contributed by atoms with Gasteiger partial charge in [-0.25, -0.2) is 22.2 Å². The van der Waals surface area contributed by atoms with Crippen molar-refractivity contribution in [3.63, 3.8) is 0 Å². The first-order valence-electron chi connectivity index (χ1n) is 8.67. The predicted molar refractivity (Wildman–Crippen MR) is 99.0 cm³/mol. The van der Waals surface area contributed by atoms with Gasteiger partial charge < -0.3 is 21.1 Å². The zero-order valence-electron chi connectivity index (χ0n) is 15.6. The molecule has 5 N–H and O–H groups in total. The second kappa shape index (κ2) is 11.8. The minimum absolute atomic E-state index is 0. The van der Waals surface area contributed by atoms with Gasteiger partial charge in [-0.05, 0) is 23.2 Å². The lowest BCUT2D eigenvalue weighted by Crippen LogP contribution is -2.30. The van der Waals surface area contributed by atoms with E-state index < -0.39 is 61.0 Å². The Bertz CT molecular complexity index is 834. The minimum Gasteiger partial charge on any atom is -0.427 e. The van der Waals surface area contributed by atoms with Crippen LogP contribution in [0.15, 0.2) is 6.07 Å². The molecule has 1 unspecified atom stereocenters. The summed E-state index contributed by atoms with van der Waals surface area (Å²) in [5, 5.41) is 30.5. The van der Waals surface area contributed by atoms with E-state index in [1.54, 1.807) is 0 Å². The number of nitrogens with two attached hydrogens (primary N) is 1. The molecule has 9 nitrogen and oxygen atoms in total. The largest absolute Gasteiger partial charge is 0.451 e. The lowest BCUT2D eigenvalue weighted by atomic mass is 9.83. The van der Waals surface area contributed by atoms with Gasteiger partial charge in [0.2, 0.25) is 5.91 Å². The normalized spacial score (nSPS) is 11.7. The second-order valence-corrected chi connectivity index (χ2v) is 6.29. The molecule has 15 heteroatoms. The molecular formula is C15H20BClF4N6O3. The van der Waals surface area contributed by atoms with Crippen molar-refractivity contribution < 1.29 is 32.4 Å². The highest BCUT2D eigenvalue weighted by atomic mass is 35.5. The lowest BCUT2D eigenvalue weighted by molar-refractivity contribution is -0.122. The number of halogens is 5. The summed E-state index contributed by atoms with van der Waals surface area (Å²) >= 11 is 0. The smallest absolute Gasteiger partial charge is 0.427 e. The first-order chi connectivity index (χ1) is 13.7. The maximum atomic E-state index is 13.6. The van der Waals surface area contributed by atoms with Crippen molar-refractivity contribution in [2.75, 3.05) is 0 Å². The third kappa shape index (κ3) is 6.90. The van der Waals surface area contributed by atoms with Crippen LogP contribution in [0.1, 0.15) is 36.7 Å². The number of hydrogen-bond acceptors (Lipinski definition) is 7. The molecular weight excluding hydrogens is 434 g/mol. The van der Waals surface area contributed by atoms with Crippen molar-refractivity contribution in [1.82, 2.24) is 25.5 Å². The number of amides is 1. The standard InChI is InChI=1S/C15H19BF4N6O3.ClH/c17-9-5-10(18)14(20)8(13(9)19)6-22-12(27)7-26-15(23-24-25-26)11(21)3-1-2-4-16(28)29;/h5,11,28-29H,1-4,6-7,21H2,(H,22,27);1H. The number of unbranched alkanes of at least 4 members (excludes halogenated alkanes) is 1. The molecule has 1 heterocycles. The molecule has 1 aromatic heterocycles. The Morgan fingerprint density at radius 2 is 1.83 bits per heavy atom. The first kappa shape index (κ1) is 25.8. The van der Waals surface area contributed by atoms with Gasteiger partial charge in [0.05, 0.1) is 6.04 Å².